The van der Waals surface area contributed by atoms with Gasteiger partial charge in [0.1, 0.15) is 5.75 Å². The van der Waals surface area contributed by atoms with E-state index in [2.05, 4.69) is 4.98 Å². The van der Waals surface area contributed by atoms with Crippen LogP contribution in [0.2, 0.25) is 0 Å². The van der Waals surface area contributed by atoms with Crippen LogP contribution in [0.4, 0.5) is 0 Å². The van der Waals surface area contributed by atoms with Crippen LogP contribution >= 0.6 is 23.0 Å². The summed E-state index contributed by atoms with van der Waals surface area (Å²) >= 11 is 0. The lowest BCUT2D eigenvalue weighted by atomic mass is 10.1. The topological polar surface area (TPSA) is 341 Å². The van der Waals surface area contributed by atoms with Gasteiger partial charge in [0.2, 0.25) is 5.85 Å². The first-order valence-electron chi connectivity index (χ1n) is 7.32. The van der Waals surface area contributed by atoms with Crippen molar-refractivity contribution in [3.05, 3.63) is 23.0 Å². The molecule has 0 radical (unpaired) electrons. The maximum Gasteiger partial charge on any atom is 0.466 e. The summed E-state index contributed by atoms with van der Waals surface area (Å²) in [5.74, 6) is -6.23. The number of carbonyl (C=O) groups excluding carboxylic acids is 1. The highest BCUT2D eigenvalue weighted by molar-refractivity contribution is 7.58. The van der Waals surface area contributed by atoms with Crippen LogP contribution in [0.15, 0.2) is 6.20 Å². The minimum absolute atomic E-state index is 0.116. The number of carbonyl (C=O) groups is 2. The third kappa shape index (κ3) is 9.89. The number of aliphatic hydroxyl groups is 3. The zero-order chi connectivity index (χ0) is 26.3. The molecule has 0 amide bonds. The van der Waals surface area contributed by atoms with Crippen molar-refractivity contribution in [3.63, 3.8) is 0 Å². The summed E-state index contributed by atoms with van der Waals surface area (Å²) in [6.07, 6.45) is 1.88. The Morgan fingerprint density at radius 2 is 1.53 bits per heavy atom. The standard InChI is InChI=1S/C8H9NO3.C3H8O10P2.H3O4P/c1-5-8(12)7(4-11)6(3-10)2-9-5;4-1(5)3(7,15(11,12)13)2(6)14(8,9)10;1-5(2,3)4/h2,4,10,12H,3H2,1H3;2,6-7H,(H,4,5)(H2,8,9,10)(H2,11,12,13);(H3,1,2,3,4). The van der Waals surface area contributed by atoms with Crippen molar-refractivity contribution in [2.75, 3.05) is 0 Å². The average molecular weight is 531 g/mol. The van der Waals surface area contributed by atoms with Crippen molar-refractivity contribution < 1.29 is 83.1 Å². The molecule has 1 aromatic rings. The predicted octanol–water partition coefficient (Wildman–Crippen LogP) is -3.09. The molecule has 0 aliphatic heterocycles. The molecule has 0 aliphatic carbocycles. The van der Waals surface area contributed by atoms with Gasteiger partial charge in [-0.2, -0.15) is 0 Å². The largest absolute Gasteiger partial charge is 0.505 e. The number of aromatic hydroxyl groups is 1. The number of hydrogen-bond acceptors (Lipinski definition) is 10. The molecule has 32 heavy (non-hydrogen) atoms. The third-order valence-corrected chi connectivity index (χ3v) is 5.62. The quantitative estimate of drug-likeness (QED) is 0.128. The summed E-state index contributed by atoms with van der Waals surface area (Å²) in [5, 5.41) is 39.7. The van der Waals surface area contributed by atoms with Gasteiger partial charge in [-0.25, -0.2) is 9.36 Å². The zero-order valence-electron chi connectivity index (χ0n) is 15.6. The first kappa shape index (κ1) is 32.6. The monoisotopic (exact) mass is 531 g/mol. The Kier molecular flexibility index (Phi) is 12.2. The number of phosphoric acid groups is 1. The summed E-state index contributed by atoms with van der Waals surface area (Å²) < 4.78 is 29.8. The van der Waals surface area contributed by atoms with Gasteiger partial charge in [0.05, 0.1) is 17.9 Å². The lowest BCUT2D eigenvalue weighted by Crippen LogP contribution is -2.48. The van der Waals surface area contributed by atoms with E-state index in [1.807, 2.05) is 0 Å². The van der Waals surface area contributed by atoms with Crippen LogP contribution in [0, 0.1) is 6.92 Å². The van der Waals surface area contributed by atoms with Crippen LogP contribution in [0.3, 0.4) is 0 Å². The van der Waals surface area contributed by atoms with E-state index in [0.717, 1.165) is 0 Å². The average Bonchev–Trinajstić information content (AvgIpc) is 2.59. The highest BCUT2D eigenvalue weighted by Crippen LogP contribution is 2.59. The first-order valence-corrected chi connectivity index (χ1v) is 12.2. The number of carboxylic acids is 1. The van der Waals surface area contributed by atoms with Crippen molar-refractivity contribution in [1.29, 1.82) is 0 Å². The van der Waals surface area contributed by atoms with E-state index < -0.39 is 40.2 Å². The van der Waals surface area contributed by atoms with Gasteiger partial charge in [0, 0.05) is 11.8 Å². The van der Waals surface area contributed by atoms with E-state index in [9.17, 15) is 23.8 Å². The Morgan fingerprint density at radius 3 is 1.75 bits per heavy atom. The lowest BCUT2D eigenvalue weighted by Gasteiger charge is -2.28. The van der Waals surface area contributed by atoms with Crippen LogP contribution < -0.4 is 0 Å². The van der Waals surface area contributed by atoms with Crippen LogP contribution in [0.5, 0.6) is 5.75 Å². The molecule has 1 aromatic heterocycles. The fraction of sp³-hybridized carbons (Fsp3) is 0.364. The summed E-state index contributed by atoms with van der Waals surface area (Å²) in [5.41, 5.74) is 0.840. The van der Waals surface area contributed by atoms with Crippen LogP contribution in [-0.2, 0) is 25.1 Å². The Labute approximate surface area is 177 Å². The number of aryl methyl sites for hydroxylation is 1. The molecule has 0 fully saturated rings. The molecule has 0 aromatic carbocycles. The highest BCUT2D eigenvalue weighted by Gasteiger charge is 2.64. The number of pyridine rings is 1. The molecular weight excluding hydrogens is 511 g/mol. The van der Waals surface area contributed by atoms with Gasteiger partial charge in [-0.3, -0.25) is 18.9 Å². The van der Waals surface area contributed by atoms with Crippen LogP contribution in [0.25, 0.3) is 0 Å². The number of rotatable bonds is 6. The molecule has 1 heterocycles. The van der Waals surface area contributed by atoms with E-state index in [0.29, 0.717) is 17.5 Å². The number of hydrogen-bond donors (Lipinski definition) is 12. The maximum atomic E-state index is 10.5. The molecule has 0 saturated carbocycles. The van der Waals surface area contributed by atoms with Gasteiger partial charge in [-0.15, -0.1) is 0 Å². The van der Waals surface area contributed by atoms with Gasteiger partial charge < -0.3 is 59.8 Å². The van der Waals surface area contributed by atoms with E-state index in [4.69, 9.17) is 59.2 Å². The van der Waals surface area contributed by atoms with E-state index in [-0.39, 0.29) is 17.9 Å². The molecule has 0 aliphatic rings. The Balaban J connectivity index is 0. The second-order valence-electron chi connectivity index (χ2n) is 5.46. The van der Waals surface area contributed by atoms with E-state index in [1.54, 1.807) is 6.92 Å². The Bertz CT molecular complexity index is 939. The summed E-state index contributed by atoms with van der Waals surface area (Å²) in [6, 6.07) is 0. The Morgan fingerprint density at radius 1 is 1.12 bits per heavy atom. The molecule has 2 unspecified atom stereocenters. The molecule has 18 nitrogen and oxygen atoms in total. The molecule has 12 N–H and O–H groups in total. The molecular formula is C11H20NO17P3. The molecule has 186 valence electrons. The summed E-state index contributed by atoms with van der Waals surface area (Å²) in [6.45, 7) is 1.29. The second-order valence-corrected chi connectivity index (χ2v) is 9.92. The normalized spacial score (nSPS) is 14.6. The number of aliphatic carboxylic acids is 1. The van der Waals surface area contributed by atoms with Gasteiger partial charge in [-0.1, -0.05) is 0 Å². The zero-order valence-corrected chi connectivity index (χ0v) is 18.3. The molecule has 1 rings (SSSR count). The number of nitrogens with zero attached hydrogens (tertiary/aromatic N) is 1. The molecule has 2 atom stereocenters. The third-order valence-electron chi connectivity index (χ3n) is 3.08. The van der Waals surface area contributed by atoms with Crippen molar-refractivity contribution in [2.24, 2.45) is 0 Å². The first-order chi connectivity index (χ1) is 14.0. The minimum atomic E-state index is -5.88. The second kappa shape index (κ2) is 12.0. The van der Waals surface area contributed by atoms with Crippen LogP contribution in [-0.4, -0.2) is 88.2 Å². The van der Waals surface area contributed by atoms with Gasteiger partial charge in [-0.05, 0) is 6.92 Å². The Hall–Kier alpha value is -1.62. The van der Waals surface area contributed by atoms with Crippen molar-refractivity contribution >= 4 is 35.3 Å². The fourth-order valence-corrected chi connectivity index (χ4v) is 3.56. The maximum absolute atomic E-state index is 10.5. The van der Waals surface area contributed by atoms with Gasteiger partial charge in [0.15, 0.2) is 6.29 Å². The number of aliphatic hydroxyl groups excluding tert-OH is 2. The fourth-order valence-electron chi connectivity index (χ4n) is 1.53. The number of aromatic nitrogens is 1. The van der Waals surface area contributed by atoms with E-state index in [1.165, 1.54) is 6.20 Å². The molecule has 0 spiro atoms. The molecule has 0 saturated heterocycles. The van der Waals surface area contributed by atoms with Gasteiger partial charge in [0.25, 0.3) is 0 Å². The SMILES string of the molecule is Cc1ncc(CO)c(C=O)c1O.O=C(O)C(O)(C(O)P(=O)(O)O)P(=O)(O)O.O=P(O)(O)O. The summed E-state index contributed by atoms with van der Waals surface area (Å²) in [4.78, 5) is 79.6. The number of carboxylic acid groups (broad SMARTS) is 1. The van der Waals surface area contributed by atoms with Crippen molar-refractivity contribution in [3.8, 4) is 5.75 Å². The summed E-state index contributed by atoms with van der Waals surface area (Å²) in [7, 11) is -16.1. The lowest BCUT2D eigenvalue weighted by molar-refractivity contribution is -0.157. The van der Waals surface area contributed by atoms with Crippen LogP contribution in [0.1, 0.15) is 21.6 Å². The number of aldehydes is 1. The predicted molar refractivity (Wildman–Crippen MR) is 98.9 cm³/mol. The van der Waals surface area contributed by atoms with Gasteiger partial charge >= 0.3 is 34.3 Å². The highest BCUT2D eigenvalue weighted by atomic mass is 31.2. The van der Waals surface area contributed by atoms with E-state index >= 15 is 0 Å². The molecule has 0 bridgehead atoms. The molecule has 21 heteroatoms. The smallest absolute Gasteiger partial charge is 0.466 e. The van der Waals surface area contributed by atoms with Crippen molar-refractivity contribution in [2.45, 2.75) is 24.7 Å². The van der Waals surface area contributed by atoms with Crippen molar-refractivity contribution in [1.82, 2.24) is 4.98 Å². The minimum Gasteiger partial charge on any atom is -0.505 e.